The van der Waals surface area contributed by atoms with Crippen molar-refractivity contribution in [2.75, 3.05) is 7.05 Å². The molecule has 2 aromatic rings. The Balaban J connectivity index is 2.07. The second kappa shape index (κ2) is 6.78. The van der Waals surface area contributed by atoms with Crippen molar-refractivity contribution in [3.8, 4) is 0 Å². The molecule has 0 aliphatic carbocycles. The van der Waals surface area contributed by atoms with Crippen molar-refractivity contribution in [3.63, 3.8) is 0 Å². The summed E-state index contributed by atoms with van der Waals surface area (Å²) in [5, 5.41) is 2.04. The SMILES string of the molecule is CC(Cc1cccs1)N(C)Cc1c(F)ccc(Br)c1F. The van der Waals surface area contributed by atoms with Gasteiger partial charge in [-0.3, -0.25) is 4.90 Å². The van der Waals surface area contributed by atoms with Crippen LogP contribution in [0.5, 0.6) is 0 Å². The fraction of sp³-hybridized carbons (Fsp3) is 0.333. The van der Waals surface area contributed by atoms with E-state index in [9.17, 15) is 8.78 Å². The normalized spacial score (nSPS) is 12.9. The lowest BCUT2D eigenvalue weighted by atomic mass is 10.1. The van der Waals surface area contributed by atoms with Crippen LogP contribution in [0, 0.1) is 11.6 Å². The highest BCUT2D eigenvalue weighted by molar-refractivity contribution is 9.10. The van der Waals surface area contributed by atoms with E-state index >= 15 is 0 Å². The van der Waals surface area contributed by atoms with E-state index in [2.05, 4.69) is 28.9 Å². The molecule has 0 N–H and O–H groups in total. The molecule has 0 aliphatic rings. The Morgan fingerprint density at radius 3 is 2.70 bits per heavy atom. The molecule has 1 nitrogen and oxygen atoms in total. The van der Waals surface area contributed by atoms with Gasteiger partial charge >= 0.3 is 0 Å². The van der Waals surface area contributed by atoms with Gasteiger partial charge in [-0.15, -0.1) is 11.3 Å². The third-order valence-electron chi connectivity index (χ3n) is 3.38. The number of rotatable bonds is 5. The molecule has 0 fully saturated rings. The molecule has 1 heterocycles. The summed E-state index contributed by atoms with van der Waals surface area (Å²) in [5.74, 6) is -1.01. The van der Waals surface area contributed by atoms with Gasteiger partial charge < -0.3 is 0 Å². The van der Waals surface area contributed by atoms with E-state index in [4.69, 9.17) is 0 Å². The molecule has 1 aromatic heterocycles. The quantitative estimate of drug-likeness (QED) is 0.689. The molecule has 20 heavy (non-hydrogen) atoms. The zero-order valence-corrected chi connectivity index (χ0v) is 13.8. The number of hydrogen-bond acceptors (Lipinski definition) is 2. The van der Waals surface area contributed by atoms with E-state index in [-0.39, 0.29) is 18.2 Å². The molecule has 1 aromatic carbocycles. The predicted octanol–water partition coefficient (Wildman–Crippen LogP) is 4.85. The van der Waals surface area contributed by atoms with Gasteiger partial charge in [0.1, 0.15) is 11.6 Å². The van der Waals surface area contributed by atoms with E-state index in [0.29, 0.717) is 4.47 Å². The van der Waals surface area contributed by atoms with E-state index in [1.165, 1.54) is 17.0 Å². The molecule has 0 amide bonds. The Morgan fingerprint density at radius 1 is 1.30 bits per heavy atom. The van der Waals surface area contributed by atoms with Gasteiger partial charge in [-0.1, -0.05) is 6.07 Å². The molecular formula is C15H16BrF2NS. The van der Waals surface area contributed by atoms with E-state index < -0.39 is 11.6 Å². The zero-order chi connectivity index (χ0) is 14.7. The van der Waals surface area contributed by atoms with Gasteiger partial charge in [-0.05, 0) is 59.9 Å². The first-order chi connectivity index (χ1) is 9.49. The average molecular weight is 360 g/mol. The summed E-state index contributed by atoms with van der Waals surface area (Å²) in [6, 6.07) is 6.99. The van der Waals surface area contributed by atoms with Crippen molar-refractivity contribution < 1.29 is 8.78 Å². The van der Waals surface area contributed by atoms with Crippen molar-refractivity contribution in [3.05, 3.63) is 56.2 Å². The highest BCUT2D eigenvalue weighted by Crippen LogP contribution is 2.23. The highest BCUT2D eigenvalue weighted by Gasteiger charge is 2.17. The predicted molar refractivity (Wildman–Crippen MR) is 83.0 cm³/mol. The maximum Gasteiger partial charge on any atom is 0.144 e. The van der Waals surface area contributed by atoms with Crippen LogP contribution in [0.15, 0.2) is 34.1 Å². The number of benzene rings is 1. The summed E-state index contributed by atoms with van der Waals surface area (Å²) in [6.07, 6.45) is 0.880. The molecule has 0 saturated carbocycles. The van der Waals surface area contributed by atoms with Crippen molar-refractivity contribution >= 4 is 27.3 Å². The van der Waals surface area contributed by atoms with Crippen LogP contribution in [0.3, 0.4) is 0 Å². The first-order valence-corrected chi connectivity index (χ1v) is 8.01. The summed E-state index contributed by atoms with van der Waals surface area (Å²) in [7, 11) is 1.89. The Bertz CT molecular complexity index is 572. The van der Waals surface area contributed by atoms with Gasteiger partial charge in [0.25, 0.3) is 0 Å². The second-order valence-corrected chi connectivity index (χ2v) is 6.76. The van der Waals surface area contributed by atoms with Crippen LogP contribution in [0.25, 0.3) is 0 Å². The summed E-state index contributed by atoms with van der Waals surface area (Å²) < 4.78 is 28.0. The summed E-state index contributed by atoms with van der Waals surface area (Å²) in [5.41, 5.74) is 0.111. The average Bonchev–Trinajstić information content (AvgIpc) is 2.91. The van der Waals surface area contributed by atoms with Crippen molar-refractivity contribution in [1.82, 2.24) is 4.90 Å². The van der Waals surface area contributed by atoms with Crippen LogP contribution in [-0.4, -0.2) is 18.0 Å². The number of halogens is 3. The molecular weight excluding hydrogens is 344 g/mol. The first kappa shape index (κ1) is 15.6. The third kappa shape index (κ3) is 3.65. The molecule has 0 saturated heterocycles. The Morgan fingerprint density at radius 2 is 2.05 bits per heavy atom. The van der Waals surface area contributed by atoms with Gasteiger partial charge in [0.15, 0.2) is 0 Å². The molecule has 0 bridgehead atoms. The van der Waals surface area contributed by atoms with Gasteiger partial charge in [0.2, 0.25) is 0 Å². The molecule has 0 aliphatic heterocycles. The summed E-state index contributed by atoms with van der Waals surface area (Å²) >= 11 is 4.80. The van der Waals surface area contributed by atoms with Gasteiger partial charge in [0, 0.05) is 23.0 Å². The largest absolute Gasteiger partial charge is 0.299 e. The van der Waals surface area contributed by atoms with Crippen LogP contribution < -0.4 is 0 Å². The summed E-state index contributed by atoms with van der Waals surface area (Å²) in [4.78, 5) is 3.24. The standard InChI is InChI=1S/C15H16BrF2NS/c1-10(8-11-4-3-7-20-11)19(2)9-12-14(17)6-5-13(16)15(12)18/h3-7,10H,8-9H2,1-2H3. The topological polar surface area (TPSA) is 3.24 Å². The smallest absolute Gasteiger partial charge is 0.144 e. The minimum absolute atomic E-state index is 0.111. The Hall–Kier alpha value is -0.780. The fourth-order valence-electron chi connectivity index (χ4n) is 1.99. The first-order valence-electron chi connectivity index (χ1n) is 6.34. The van der Waals surface area contributed by atoms with Gasteiger partial charge in [-0.2, -0.15) is 0 Å². The lowest BCUT2D eigenvalue weighted by molar-refractivity contribution is 0.242. The zero-order valence-electron chi connectivity index (χ0n) is 11.4. The van der Waals surface area contributed by atoms with Gasteiger partial charge in [0.05, 0.1) is 4.47 Å². The fourth-order valence-corrected chi connectivity index (χ4v) is 3.19. The molecule has 108 valence electrons. The molecule has 0 spiro atoms. The molecule has 1 unspecified atom stereocenters. The lowest BCUT2D eigenvalue weighted by Gasteiger charge is -2.25. The Kier molecular flexibility index (Phi) is 5.29. The third-order valence-corrected chi connectivity index (χ3v) is 4.89. The van der Waals surface area contributed by atoms with Crippen molar-refractivity contribution in [2.24, 2.45) is 0 Å². The van der Waals surface area contributed by atoms with Crippen LogP contribution in [-0.2, 0) is 13.0 Å². The highest BCUT2D eigenvalue weighted by atomic mass is 79.9. The molecule has 5 heteroatoms. The van der Waals surface area contributed by atoms with E-state index in [1.54, 1.807) is 11.3 Å². The minimum atomic E-state index is -0.514. The van der Waals surface area contributed by atoms with Crippen molar-refractivity contribution in [2.45, 2.75) is 25.9 Å². The lowest BCUT2D eigenvalue weighted by Crippen LogP contribution is -2.31. The van der Waals surface area contributed by atoms with Crippen molar-refractivity contribution in [1.29, 1.82) is 0 Å². The molecule has 0 radical (unpaired) electrons. The number of nitrogens with zero attached hydrogens (tertiary/aromatic N) is 1. The maximum absolute atomic E-state index is 14.0. The molecule has 1 atom stereocenters. The minimum Gasteiger partial charge on any atom is -0.299 e. The van der Waals surface area contributed by atoms with Crippen LogP contribution in [0.1, 0.15) is 17.4 Å². The molecule has 2 rings (SSSR count). The van der Waals surface area contributed by atoms with Crippen LogP contribution >= 0.6 is 27.3 Å². The van der Waals surface area contributed by atoms with Crippen LogP contribution in [0.4, 0.5) is 8.78 Å². The van der Waals surface area contributed by atoms with Gasteiger partial charge in [-0.25, -0.2) is 8.78 Å². The summed E-state index contributed by atoms with van der Waals surface area (Å²) in [6.45, 7) is 2.32. The Labute approximate surface area is 130 Å². The number of thiophene rings is 1. The van der Waals surface area contributed by atoms with E-state index in [0.717, 1.165) is 6.42 Å². The van der Waals surface area contributed by atoms with Crippen LogP contribution in [0.2, 0.25) is 0 Å². The number of hydrogen-bond donors (Lipinski definition) is 0. The van der Waals surface area contributed by atoms with E-state index in [1.807, 2.05) is 23.4 Å². The maximum atomic E-state index is 14.0. The second-order valence-electron chi connectivity index (χ2n) is 4.87. The monoisotopic (exact) mass is 359 g/mol. The number of likely N-dealkylation sites (N-methyl/N-ethyl adjacent to an activating group) is 1.